The minimum absolute atomic E-state index is 0.166. The molecule has 0 spiro atoms. The third-order valence-electron chi connectivity index (χ3n) is 3.56. The van der Waals surface area contributed by atoms with Gasteiger partial charge in [-0.1, -0.05) is 30.3 Å². The zero-order chi connectivity index (χ0) is 14.6. The predicted octanol–water partition coefficient (Wildman–Crippen LogP) is 2.12. The van der Waals surface area contributed by atoms with Crippen molar-refractivity contribution in [3.8, 4) is 0 Å². The highest BCUT2D eigenvalue weighted by atomic mass is 19.3. The van der Waals surface area contributed by atoms with Gasteiger partial charge in [0, 0.05) is 18.5 Å². The molecule has 0 aliphatic carbocycles. The van der Waals surface area contributed by atoms with Crippen LogP contribution in [0.1, 0.15) is 25.3 Å². The van der Waals surface area contributed by atoms with E-state index in [0.717, 1.165) is 6.54 Å². The molecule has 1 fully saturated rings. The van der Waals surface area contributed by atoms with Crippen molar-refractivity contribution < 1.29 is 13.6 Å². The molecule has 2 atom stereocenters. The van der Waals surface area contributed by atoms with Gasteiger partial charge in [0.2, 0.25) is 0 Å². The van der Waals surface area contributed by atoms with Crippen LogP contribution in [0.4, 0.5) is 8.78 Å². The number of benzene rings is 1. The lowest BCUT2D eigenvalue weighted by molar-refractivity contribution is -0.146. The Bertz CT molecular complexity index is 450. The average Bonchev–Trinajstić information content (AvgIpc) is 2.39. The monoisotopic (exact) mass is 282 g/mol. The fourth-order valence-electron chi connectivity index (χ4n) is 2.49. The summed E-state index contributed by atoms with van der Waals surface area (Å²) in [6.07, 6.45) is 0.824. The predicted molar refractivity (Wildman–Crippen MR) is 73.7 cm³/mol. The van der Waals surface area contributed by atoms with Gasteiger partial charge in [0.1, 0.15) is 0 Å². The van der Waals surface area contributed by atoms with Crippen molar-refractivity contribution in [2.24, 2.45) is 0 Å². The summed E-state index contributed by atoms with van der Waals surface area (Å²) in [5, 5.41) is 5.71. The molecule has 2 N–H and O–H groups in total. The van der Waals surface area contributed by atoms with E-state index in [9.17, 15) is 13.6 Å². The molecule has 110 valence electrons. The first kappa shape index (κ1) is 14.9. The van der Waals surface area contributed by atoms with E-state index in [-0.39, 0.29) is 12.1 Å². The second kappa shape index (κ2) is 6.31. The van der Waals surface area contributed by atoms with Crippen molar-refractivity contribution >= 4 is 5.91 Å². The van der Waals surface area contributed by atoms with E-state index in [0.29, 0.717) is 18.4 Å². The SMILES string of the molecule is C[C@@H]1C[C@H](NC(=O)C(F)(F)Cc2ccccc2)CCN1. The van der Waals surface area contributed by atoms with Crippen LogP contribution in [-0.2, 0) is 11.2 Å². The maximum atomic E-state index is 13.9. The lowest BCUT2D eigenvalue weighted by Crippen LogP contribution is -2.51. The molecular weight excluding hydrogens is 262 g/mol. The quantitative estimate of drug-likeness (QED) is 0.888. The third kappa shape index (κ3) is 4.00. The zero-order valence-corrected chi connectivity index (χ0v) is 11.5. The van der Waals surface area contributed by atoms with Crippen molar-refractivity contribution in [1.82, 2.24) is 10.6 Å². The summed E-state index contributed by atoms with van der Waals surface area (Å²) in [5.41, 5.74) is 0.464. The molecule has 0 unspecified atom stereocenters. The highest BCUT2D eigenvalue weighted by molar-refractivity contribution is 5.84. The van der Waals surface area contributed by atoms with Gasteiger partial charge in [0.25, 0.3) is 5.91 Å². The lowest BCUT2D eigenvalue weighted by Gasteiger charge is -2.30. The second-order valence-electron chi connectivity index (χ2n) is 5.42. The van der Waals surface area contributed by atoms with Crippen LogP contribution in [0, 0.1) is 0 Å². The highest BCUT2D eigenvalue weighted by Gasteiger charge is 2.40. The number of alkyl halides is 2. The van der Waals surface area contributed by atoms with Crippen LogP contribution in [0.2, 0.25) is 0 Å². The minimum Gasteiger partial charge on any atom is -0.348 e. The minimum atomic E-state index is -3.37. The Kier molecular flexibility index (Phi) is 4.70. The summed E-state index contributed by atoms with van der Waals surface area (Å²) in [6.45, 7) is 2.73. The number of hydrogen-bond acceptors (Lipinski definition) is 2. The summed E-state index contributed by atoms with van der Waals surface area (Å²) in [6, 6.07) is 8.44. The molecular formula is C15H20F2N2O. The number of amides is 1. The van der Waals surface area contributed by atoms with E-state index in [1.165, 1.54) is 0 Å². The van der Waals surface area contributed by atoms with Gasteiger partial charge in [-0.25, -0.2) is 0 Å². The van der Waals surface area contributed by atoms with Gasteiger partial charge >= 0.3 is 5.92 Å². The normalized spacial score (nSPS) is 23.4. The molecule has 0 aromatic heterocycles. The fraction of sp³-hybridized carbons (Fsp3) is 0.533. The number of carbonyl (C=O) groups excluding carboxylic acids is 1. The summed E-state index contributed by atoms with van der Waals surface area (Å²) in [4.78, 5) is 11.8. The molecule has 1 aliphatic rings. The molecule has 1 aliphatic heterocycles. The number of nitrogens with one attached hydrogen (secondary N) is 2. The van der Waals surface area contributed by atoms with E-state index >= 15 is 0 Å². The van der Waals surface area contributed by atoms with Gasteiger partial charge in [-0.2, -0.15) is 8.78 Å². The third-order valence-corrected chi connectivity index (χ3v) is 3.56. The largest absolute Gasteiger partial charge is 0.348 e. The number of halogens is 2. The summed E-state index contributed by atoms with van der Waals surface area (Å²) in [7, 11) is 0. The lowest BCUT2D eigenvalue weighted by atomic mass is 9.99. The van der Waals surface area contributed by atoms with Crippen LogP contribution >= 0.6 is 0 Å². The van der Waals surface area contributed by atoms with Crippen molar-refractivity contribution in [1.29, 1.82) is 0 Å². The van der Waals surface area contributed by atoms with Gasteiger partial charge in [-0.3, -0.25) is 4.79 Å². The first-order valence-corrected chi connectivity index (χ1v) is 6.93. The molecule has 0 bridgehead atoms. The van der Waals surface area contributed by atoms with Crippen LogP contribution in [0.25, 0.3) is 0 Å². The first-order valence-electron chi connectivity index (χ1n) is 6.93. The van der Waals surface area contributed by atoms with Gasteiger partial charge in [0.05, 0.1) is 0 Å². The zero-order valence-electron chi connectivity index (χ0n) is 11.5. The summed E-state index contributed by atoms with van der Waals surface area (Å²) >= 11 is 0. The molecule has 1 aromatic carbocycles. The van der Waals surface area contributed by atoms with Crippen LogP contribution in [0.15, 0.2) is 30.3 Å². The Balaban J connectivity index is 1.93. The summed E-state index contributed by atoms with van der Waals surface area (Å²) in [5.74, 6) is -4.53. The van der Waals surface area contributed by atoms with Gasteiger partial charge < -0.3 is 10.6 Å². The molecule has 5 heteroatoms. The molecule has 3 nitrogen and oxygen atoms in total. The molecule has 1 heterocycles. The van der Waals surface area contributed by atoms with E-state index in [4.69, 9.17) is 0 Å². The average molecular weight is 282 g/mol. The molecule has 0 radical (unpaired) electrons. The Morgan fingerprint density at radius 3 is 2.75 bits per heavy atom. The summed E-state index contributed by atoms with van der Waals surface area (Å²) < 4.78 is 27.9. The topological polar surface area (TPSA) is 41.1 Å². The van der Waals surface area contributed by atoms with Crippen molar-refractivity contribution in [2.45, 2.75) is 44.2 Å². The van der Waals surface area contributed by atoms with Crippen LogP contribution in [-0.4, -0.2) is 30.5 Å². The van der Waals surface area contributed by atoms with E-state index in [1.54, 1.807) is 30.3 Å². The molecule has 1 amide bonds. The molecule has 20 heavy (non-hydrogen) atoms. The van der Waals surface area contributed by atoms with Crippen molar-refractivity contribution in [2.75, 3.05) is 6.54 Å². The first-order chi connectivity index (χ1) is 9.47. The Morgan fingerprint density at radius 1 is 1.40 bits per heavy atom. The van der Waals surface area contributed by atoms with E-state index in [2.05, 4.69) is 10.6 Å². The molecule has 2 rings (SSSR count). The maximum Gasteiger partial charge on any atom is 0.328 e. The number of piperidine rings is 1. The number of rotatable bonds is 4. The van der Waals surface area contributed by atoms with Crippen LogP contribution in [0.5, 0.6) is 0 Å². The van der Waals surface area contributed by atoms with Crippen molar-refractivity contribution in [3.63, 3.8) is 0 Å². The molecule has 1 saturated heterocycles. The second-order valence-corrected chi connectivity index (χ2v) is 5.42. The van der Waals surface area contributed by atoms with Crippen LogP contribution in [0.3, 0.4) is 0 Å². The van der Waals surface area contributed by atoms with E-state index in [1.807, 2.05) is 6.92 Å². The Labute approximate surface area is 117 Å². The fourth-order valence-corrected chi connectivity index (χ4v) is 2.49. The highest BCUT2D eigenvalue weighted by Crippen LogP contribution is 2.21. The number of hydrogen-bond donors (Lipinski definition) is 2. The number of carbonyl (C=O) groups is 1. The Morgan fingerprint density at radius 2 is 2.10 bits per heavy atom. The maximum absolute atomic E-state index is 13.9. The van der Waals surface area contributed by atoms with E-state index < -0.39 is 18.3 Å². The standard InChI is InChI=1S/C15H20F2N2O/c1-11-9-13(7-8-18-11)19-14(20)15(16,17)10-12-5-3-2-4-6-12/h2-6,11,13,18H,7-10H2,1H3,(H,19,20)/t11-,13-/m1/s1. The van der Waals surface area contributed by atoms with Crippen LogP contribution < -0.4 is 10.6 Å². The molecule has 1 aromatic rings. The van der Waals surface area contributed by atoms with Gasteiger partial charge in [-0.15, -0.1) is 0 Å². The smallest absolute Gasteiger partial charge is 0.328 e. The van der Waals surface area contributed by atoms with Crippen molar-refractivity contribution in [3.05, 3.63) is 35.9 Å². The molecule has 0 saturated carbocycles. The van der Waals surface area contributed by atoms with Gasteiger partial charge in [-0.05, 0) is 31.9 Å². The van der Waals surface area contributed by atoms with Gasteiger partial charge in [0.15, 0.2) is 0 Å². The Hall–Kier alpha value is -1.49.